The summed E-state index contributed by atoms with van der Waals surface area (Å²) in [6.07, 6.45) is 0. The molecule has 7 heteroatoms. The van der Waals surface area contributed by atoms with Gasteiger partial charge in [-0.05, 0) is 25.1 Å². The van der Waals surface area contributed by atoms with E-state index in [2.05, 4.69) is 14.9 Å². The van der Waals surface area contributed by atoms with Crippen LogP contribution in [0.4, 0.5) is 0 Å². The lowest BCUT2D eigenvalue weighted by atomic mass is 10.1. The van der Waals surface area contributed by atoms with Gasteiger partial charge in [-0.2, -0.15) is 4.98 Å². The van der Waals surface area contributed by atoms with Crippen molar-refractivity contribution in [1.29, 1.82) is 0 Å². The van der Waals surface area contributed by atoms with Crippen LogP contribution in [-0.2, 0) is 16.1 Å². The van der Waals surface area contributed by atoms with Gasteiger partial charge in [0.1, 0.15) is 0 Å². The number of aromatic nitrogens is 2. The molecule has 0 aliphatic rings. The van der Waals surface area contributed by atoms with Crippen LogP contribution in [0.2, 0.25) is 0 Å². The van der Waals surface area contributed by atoms with Crippen molar-refractivity contribution in [2.75, 3.05) is 7.11 Å². The van der Waals surface area contributed by atoms with Crippen molar-refractivity contribution in [2.45, 2.75) is 13.5 Å². The van der Waals surface area contributed by atoms with E-state index in [4.69, 9.17) is 9.26 Å². The predicted molar refractivity (Wildman–Crippen MR) is 91.4 cm³/mol. The first-order valence-corrected chi connectivity index (χ1v) is 7.82. The first kappa shape index (κ1) is 17.3. The lowest BCUT2D eigenvalue weighted by Crippen LogP contribution is -2.08. The van der Waals surface area contributed by atoms with Gasteiger partial charge in [0, 0.05) is 5.56 Å². The van der Waals surface area contributed by atoms with Gasteiger partial charge in [0.05, 0.1) is 18.2 Å². The molecule has 0 atom stereocenters. The van der Waals surface area contributed by atoms with Gasteiger partial charge in [-0.15, -0.1) is 0 Å². The van der Waals surface area contributed by atoms with E-state index < -0.39 is 11.9 Å². The highest BCUT2D eigenvalue weighted by molar-refractivity contribution is 5.95. The van der Waals surface area contributed by atoms with Crippen molar-refractivity contribution in [3.8, 4) is 11.4 Å². The van der Waals surface area contributed by atoms with Gasteiger partial charge in [0.15, 0.2) is 6.61 Å². The van der Waals surface area contributed by atoms with E-state index in [0.29, 0.717) is 5.82 Å². The molecule has 1 heterocycles. The molecule has 3 rings (SSSR count). The molecule has 3 aromatic rings. The number of carbonyl (C=O) groups excluding carboxylic acids is 2. The van der Waals surface area contributed by atoms with Crippen LogP contribution in [0.25, 0.3) is 11.4 Å². The zero-order chi connectivity index (χ0) is 18.5. The molecule has 0 spiro atoms. The van der Waals surface area contributed by atoms with Gasteiger partial charge in [0.25, 0.3) is 5.89 Å². The molecule has 26 heavy (non-hydrogen) atoms. The number of rotatable bonds is 5. The van der Waals surface area contributed by atoms with Crippen molar-refractivity contribution >= 4 is 11.9 Å². The van der Waals surface area contributed by atoms with E-state index in [1.807, 2.05) is 31.2 Å². The first-order valence-electron chi connectivity index (χ1n) is 7.82. The quantitative estimate of drug-likeness (QED) is 0.651. The second-order valence-electron chi connectivity index (χ2n) is 5.53. The summed E-state index contributed by atoms with van der Waals surface area (Å²) in [6, 6.07) is 13.7. The smallest absolute Gasteiger partial charge is 0.338 e. The van der Waals surface area contributed by atoms with E-state index in [-0.39, 0.29) is 23.6 Å². The van der Waals surface area contributed by atoms with Crippen LogP contribution in [0.1, 0.15) is 32.2 Å². The second kappa shape index (κ2) is 7.60. The molecule has 1 aromatic heterocycles. The Balaban J connectivity index is 1.65. The van der Waals surface area contributed by atoms with Gasteiger partial charge >= 0.3 is 11.9 Å². The predicted octanol–water partition coefficient (Wildman–Crippen LogP) is 3.19. The largest absolute Gasteiger partial charge is 0.465 e. The lowest BCUT2D eigenvalue weighted by Gasteiger charge is -2.04. The zero-order valence-corrected chi connectivity index (χ0v) is 14.3. The van der Waals surface area contributed by atoms with Crippen molar-refractivity contribution in [3.63, 3.8) is 0 Å². The molecule has 0 fully saturated rings. The monoisotopic (exact) mass is 352 g/mol. The molecule has 0 unspecified atom stereocenters. The zero-order valence-electron chi connectivity index (χ0n) is 14.3. The SMILES string of the molecule is COC(=O)c1cccc(C(=O)OCc2nc(-c3ccc(C)cc3)no2)c1. The Bertz CT molecular complexity index is 931. The lowest BCUT2D eigenvalue weighted by molar-refractivity contribution is 0.0430. The van der Waals surface area contributed by atoms with Gasteiger partial charge in [0.2, 0.25) is 5.82 Å². The van der Waals surface area contributed by atoms with Crippen LogP contribution < -0.4 is 0 Å². The number of aryl methyl sites for hydroxylation is 1. The minimum atomic E-state index is -0.606. The average molecular weight is 352 g/mol. The summed E-state index contributed by atoms with van der Waals surface area (Å²) in [4.78, 5) is 27.9. The number of nitrogens with zero attached hydrogens (tertiary/aromatic N) is 2. The van der Waals surface area contributed by atoms with E-state index in [0.717, 1.165) is 11.1 Å². The van der Waals surface area contributed by atoms with Gasteiger partial charge < -0.3 is 14.0 Å². The van der Waals surface area contributed by atoms with Crippen LogP contribution in [0.15, 0.2) is 53.1 Å². The number of hydrogen-bond acceptors (Lipinski definition) is 7. The highest BCUT2D eigenvalue weighted by Gasteiger charge is 2.14. The summed E-state index contributed by atoms with van der Waals surface area (Å²) in [5, 5.41) is 3.88. The second-order valence-corrected chi connectivity index (χ2v) is 5.53. The molecule has 0 radical (unpaired) electrons. The third-order valence-corrected chi connectivity index (χ3v) is 3.62. The van der Waals surface area contributed by atoms with E-state index >= 15 is 0 Å². The van der Waals surface area contributed by atoms with Crippen molar-refractivity contribution in [1.82, 2.24) is 10.1 Å². The molecule has 0 N–H and O–H groups in total. The third kappa shape index (κ3) is 3.94. The number of methoxy groups -OCH3 is 1. The topological polar surface area (TPSA) is 91.5 Å². The highest BCUT2D eigenvalue weighted by atomic mass is 16.6. The van der Waals surface area contributed by atoms with Gasteiger partial charge in [-0.1, -0.05) is 41.1 Å². The number of hydrogen-bond donors (Lipinski definition) is 0. The molecule has 132 valence electrons. The van der Waals surface area contributed by atoms with Crippen LogP contribution >= 0.6 is 0 Å². The Morgan fingerprint density at radius 1 is 1.04 bits per heavy atom. The van der Waals surface area contributed by atoms with Crippen LogP contribution in [0, 0.1) is 6.92 Å². The van der Waals surface area contributed by atoms with E-state index in [9.17, 15) is 9.59 Å². The fourth-order valence-corrected chi connectivity index (χ4v) is 2.23. The fourth-order valence-electron chi connectivity index (χ4n) is 2.23. The average Bonchev–Trinajstić information content (AvgIpc) is 3.15. The summed E-state index contributed by atoms with van der Waals surface area (Å²) >= 11 is 0. The minimum Gasteiger partial charge on any atom is -0.465 e. The molecule has 2 aromatic carbocycles. The van der Waals surface area contributed by atoms with Crippen LogP contribution in [-0.4, -0.2) is 29.2 Å². The summed E-state index contributed by atoms with van der Waals surface area (Å²) in [5.41, 5.74) is 2.43. The van der Waals surface area contributed by atoms with Crippen molar-refractivity contribution in [2.24, 2.45) is 0 Å². The van der Waals surface area contributed by atoms with Gasteiger partial charge in [-0.25, -0.2) is 9.59 Å². The maximum absolute atomic E-state index is 12.1. The molecular formula is C19H16N2O5. The highest BCUT2D eigenvalue weighted by Crippen LogP contribution is 2.17. The summed E-state index contributed by atoms with van der Waals surface area (Å²) in [5.74, 6) is -0.535. The Hall–Kier alpha value is -3.48. The number of carbonyl (C=O) groups is 2. The molecule has 0 bridgehead atoms. The summed E-state index contributed by atoms with van der Waals surface area (Å²) in [6.45, 7) is 1.82. The Morgan fingerprint density at radius 3 is 2.42 bits per heavy atom. The number of benzene rings is 2. The Morgan fingerprint density at radius 2 is 1.73 bits per heavy atom. The molecule has 0 aliphatic heterocycles. The van der Waals surface area contributed by atoms with Crippen LogP contribution in [0.5, 0.6) is 0 Å². The normalized spacial score (nSPS) is 10.4. The maximum Gasteiger partial charge on any atom is 0.338 e. The Kier molecular flexibility index (Phi) is 5.07. The first-order chi connectivity index (χ1) is 12.6. The van der Waals surface area contributed by atoms with Crippen LogP contribution in [0.3, 0.4) is 0 Å². The molecule has 0 aliphatic carbocycles. The number of ether oxygens (including phenoxy) is 2. The van der Waals surface area contributed by atoms with Crippen molar-refractivity contribution in [3.05, 3.63) is 71.1 Å². The molecule has 0 amide bonds. The molecule has 0 saturated carbocycles. The fraction of sp³-hybridized carbons (Fsp3) is 0.158. The summed E-state index contributed by atoms with van der Waals surface area (Å²) in [7, 11) is 1.27. The third-order valence-electron chi connectivity index (χ3n) is 3.62. The molecule has 7 nitrogen and oxygen atoms in total. The molecular weight excluding hydrogens is 336 g/mol. The van der Waals surface area contributed by atoms with E-state index in [1.165, 1.54) is 13.2 Å². The van der Waals surface area contributed by atoms with Gasteiger partial charge in [-0.3, -0.25) is 0 Å². The van der Waals surface area contributed by atoms with E-state index in [1.54, 1.807) is 18.2 Å². The minimum absolute atomic E-state index is 0.167. The summed E-state index contributed by atoms with van der Waals surface area (Å²) < 4.78 is 14.9. The van der Waals surface area contributed by atoms with Crippen molar-refractivity contribution < 1.29 is 23.6 Å². The number of esters is 2. The maximum atomic E-state index is 12.1. The standard InChI is InChI=1S/C19H16N2O5/c1-12-6-8-13(9-7-12)17-20-16(26-21-17)11-25-19(23)15-5-3-4-14(10-15)18(22)24-2/h3-10H,11H2,1-2H3. The Labute approximate surface area is 149 Å². The molecule has 0 saturated heterocycles.